The maximum atomic E-state index is 13.9. The van der Waals surface area contributed by atoms with Crippen molar-refractivity contribution in [1.82, 2.24) is 37.2 Å². The third-order valence-electron chi connectivity index (χ3n) is 8.94. The van der Waals surface area contributed by atoms with Crippen molar-refractivity contribution >= 4 is 80.5 Å². The minimum atomic E-state index is -1.51. The number of benzene rings is 1. The lowest BCUT2D eigenvalue weighted by molar-refractivity contribution is -0.138. The van der Waals surface area contributed by atoms with Crippen molar-refractivity contribution in [3.05, 3.63) is 24.3 Å². The van der Waals surface area contributed by atoms with Gasteiger partial charge in [0.25, 0.3) is 0 Å². The number of esters is 1. The molecule has 0 aliphatic rings. The van der Waals surface area contributed by atoms with Gasteiger partial charge < -0.3 is 46.7 Å². The van der Waals surface area contributed by atoms with Gasteiger partial charge in [0.2, 0.25) is 41.4 Å². The lowest BCUT2D eigenvalue weighted by atomic mass is 9.98. The Morgan fingerprint density at radius 3 is 1.69 bits per heavy atom. The van der Waals surface area contributed by atoms with Gasteiger partial charge in [-0.15, -0.1) is 0 Å². The standard InChI is InChI=1S/C42H65N7O11S2/c1-12-61-62-33-16-14-13-15-32(33)60-34(53)21-43-41(58)35(23(4)5)49-42(59)36(24(6)7)48-40(57)30(19-22(2)3)46-39(56)31(20-26(9)51)47-38(55)29(18-17-25(8)50)45-37(54)27(10)44-28(11)52/h13-16,22-24,27,29-31,35-36H,12,17-21H2,1-11H3,(H,43,58)(H,44,52)(H,45,54)(H,46,56)(H,47,55)(H,48,57)(H,49,59)/t27-,29-,30-,31-,35-,36-/m0/s1. The quantitative estimate of drug-likeness (QED) is 0.0380. The lowest BCUT2D eigenvalue weighted by Crippen LogP contribution is -2.61. The zero-order valence-corrected chi connectivity index (χ0v) is 39.2. The monoisotopic (exact) mass is 907 g/mol. The topological polar surface area (TPSA) is 264 Å². The Labute approximate surface area is 372 Å². The second-order valence-corrected chi connectivity index (χ2v) is 18.6. The summed E-state index contributed by atoms with van der Waals surface area (Å²) in [6, 6.07) is -0.429. The second kappa shape index (κ2) is 27.9. The van der Waals surface area contributed by atoms with Gasteiger partial charge >= 0.3 is 5.97 Å². The van der Waals surface area contributed by atoms with Crippen LogP contribution >= 0.6 is 21.6 Å². The third-order valence-corrected chi connectivity index (χ3v) is 11.4. The molecule has 0 aliphatic heterocycles. The van der Waals surface area contributed by atoms with Crippen molar-refractivity contribution in [3.63, 3.8) is 0 Å². The van der Waals surface area contributed by atoms with Crippen LogP contribution in [0.15, 0.2) is 29.2 Å². The number of ether oxygens (including phenoxy) is 1. The molecule has 18 nitrogen and oxygen atoms in total. The van der Waals surface area contributed by atoms with Crippen LogP contribution in [0, 0.1) is 17.8 Å². The molecule has 0 saturated heterocycles. The average Bonchev–Trinajstić information content (AvgIpc) is 3.17. The van der Waals surface area contributed by atoms with Gasteiger partial charge in [-0.1, -0.05) is 82.2 Å². The molecule has 1 aromatic carbocycles. The van der Waals surface area contributed by atoms with Crippen LogP contribution in [0.2, 0.25) is 0 Å². The number of rotatable bonds is 27. The molecule has 7 N–H and O–H groups in total. The van der Waals surface area contributed by atoms with Crippen LogP contribution in [0.5, 0.6) is 5.75 Å². The number of carbonyl (C=O) groups excluding carboxylic acids is 10. The predicted octanol–water partition coefficient (Wildman–Crippen LogP) is 2.12. The summed E-state index contributed by atoms with van der Waals surface area (Å²) in [5.74, 6) is -6.54. The van der Waals surface area contributed by atoms with Gasteiger partial charge in [-0.05, 0) is 63.5 Å². The molecule has 0 fully saturated rings. The number of amides is 7. The SMILES string of the molecule is CCSSc1ccccc1OC(=O)CNC(=O)[C@@H](NC(=O)[C@@H](NC(=O)[C@H](CC(C)C)NC(=O)[C@H](CC(C)=O)NC(=O)[C@H](CCC(C)=O)NC(=O)[C@H](C)NC(C)=O)C(C)C)C(C)C. The first-order valence-electron chi connectivity index (χ1n) is 20.6. The summed E-state index contributed by atoms with van der Waals surface area (Å²) in [6.45, 7) is 16.9. The summed E-state index contributed by atoms with van der Waals surface area (Å²) in [6.07, 6.45) is -0.662. The molecular weight excluding hydrogens is 843 g/mol. The van der Waals surface area contributed by atoms with Crippen molar-refractivity contribution in [2.75, 3.05) is 12.3 Å². The van der Waals surface area contributed by atoms with E-state index in [0.29, 0.717) is 5.75 Å². The average molecular weight is 908 g/mol. The van der Waals surface area contributed by atoms with Crippen molar-refractivity contribution in [1.29, 1.82) is 0 Å². The van der Waals surface area contributed by atoms with E-state index in [1.807, 2.05) is 19.1 Å². The number of hydrogen-bond donors (Lipinski definition) is 7. The number of ketones is 2. The number of para-hydroxylation sites is 1. The summed E-state index contributed by atoms with van der Waals surface area (Å²) < 4.78 is 5.49. The van der Waals surface area contributed by atoms with Gasteiger partial charge in [-0.25, -0.2) is 4.79 Å². The molecule has 0 radical (unpaired) electrons. The Balaban J connectivity index is 3.19. The highest BCUT2D eigenvalue weighted by molar-refractivity contribution is 8.76. The summed E-state index contributed by atoms with van der Waals surface area (Å²) in [5, 5.41) is 17.8. The maximum absolute atomic E-state index is 13.9. The fourth-order valence-corrected chi connectivity index (χ4v) is 7.47. The van der Waals surface area contributed by atoms with E-state index in [1.165, 1.54) is 38.5 Å². The molecule has 346 valence electrons. The van der Waals surface area contributed by atoms with Crippen molar-refractivity contribution in [3.8, 4) is 5.75 Å². The van der Waals surface area contributed by atoms with Gasteiger partial charge in [0, 0.05) is 25.5 Å². The normalized spacial score (nSPS) is 14.0. The molecule has 0 spiro atoms. The molecule has 20 heteroatoms. The molecule has 0 aliphatic carbocycles. The number of carbonyl (C=O) groups is 10. The smallest absolute Gasteiger partial charge is 0.330 e. The molecule has 62 heavy (non-hydrogen) atoms. The first-order valence-corrected chi connectivity index (χ1v) is 22.9. The van der Waals surface area contributed by atoms with E-state index in [1.54, 1.807) is 64.5 Å². The minimum absolute atomic E-state index is 0.0802. The second-order valence-electron chi connectivity index (χ2n) is 16.0. The summed E-state index contributed by atoms with van der Waals surface area (Å²) >= 11 is 0. The first kappa shape index (κ1) is 55.0. The van der Waals surface area contributed by atoms with Crippen LogP contribution in [-0.2, 0) is 47.9 Å². The Hall–Kier alpha value is -4.98. The molecule has 6 atom stereocenters. The van der Waals surface area contributed by atoms with Gasteiger partial charge in [0.05, 0.1) is 4.90 Å². The van der Waals surface area contributed by atoms with Gasteiger partial charge in [0.1, 0.15) is 60.1 Å². The van der Waals surface area contributed by atoms with Crippen LogP contribution in [0.3, 0.4) is 0 Å². The first-order chi connectivity index (χ1) is 29.0. The van der Waals surface area contributed by atoms with E-state index in [-0.39, 0.29) is 31.0 Å². The van der Waals surface area contributed by atoms with Gasteiger partial charge in [-0.2, -0.15) is 0 Å². The van der Waals surface area contributed by atoms with Crippen LogP contribution in [0.1, 0.15) is 102 Å². The van der Waals surface area contributed by atoms with Crippen molar-refractivity contribution in [2.45, 2.75) is 143 Å². The highest BCUT2D eigenvalue weighted by atomic mass is 33.1. The highest BCUT2D eigenvalue weighted by Gasteiger charge is 2.35. The van der Waals surface area contributed by atoms with E-state index in [4.69, 9.17) is 4.74 Å². The molecule has 0 unspecified atom stereocenters. The summed E-state index contributed by atoms with van der Waals surface area (Å²) in [4.78, 5) is 130. The summed E-state index contributed by atoms with van der Waals surface area (Å²) in [5.41, 5.74) is 0. The van der Waals surface area contributed by atoms with Gasteiger partial charge in [0.15, 0.2) is 0 Å². The fourth-order valence-electron chi connectivity index (χ4n) is 5.75. The van der Waals surface area contributed by atoms with E-state index in [9.17, 15) is 47.9 Å². The Morgan fingerprint density at radius 1 is 0.613 bits per heavy atom. The van der Waals surface area contributed by atoms with E-state index >= 15 is 0 Å². The Morgan fingerprint density at radius 2 is 1.15 bits per heavy atom. The predicted molar refractivity (Wildman–Crippen MR) is 236 cm³/mol. The molecule has 0 heterocycles. The number of nitrogens with one attached hydrogen (secondary N) is 7. The zero-order chi connectivity index (χ0) is 47.3. The maximum Gasteiger partial charge on any atom is 0.330 e. The zero-order valence-electron chi connectivity index (χ0n) is 37.6. The van der Waals surface area contributed by atoms with Crippen LogP contribution in [-0.4, -0.2) is 107 Å². The molecule has 7 amide bonds. The largest absolute Gasteiger partial charge is 0.424 e. The molecule has 0 bridgehead atoms. The number of hydrogen-bond acceptors (Lipinski definition) is 13. The van der Waals surface area contributed by atoms with Crippen molar-refractivity contribution in [2.24, 2.45) is 17.8 Å². The van der Waals surface area contributed by atoms with Crippen molar-refractivity contribution < 1.29 is 52.7 Å². The van der Waals surface area contributed by atoms with E-state index < -0.39 is 114 Å². The molecule has 1 aromatic rings. The Kier molecular flexibility index (Phi) is 24.7. The van der Waals surface area contributed by atoms with Crippen LogP contribution in [0.4, 0.5) is 0 Å². The minimum Gasteiger partial charge on any atom is -0.424 e. The molecule has 0 saturated carbocycles. The fraction of sp³-hybridized carbons (Fsp3) is 0.619. The highest BCUT2D eigenvalue weighted by Crippen LogP contribution is 2.37. The Bertz CT molecular complexity index is 1760. The number of Topliss-reactive ketones (excluding diaryl/α,β-unsaturated/α-hetero) is 2. The molecule has 1 rings (SSSR count). The van der Waals surface area contributed by atoms with E-state index in [0.717, 1.165) is 10.6 Å². The van der Waals surface area contributed by atoms with Crippen LogP contribution < -0.4 is 42.0 Å². The molecular formula is C42H65N7O11S2. The van der Waals surface area contributed by atoms with Gasteiger partial charge in [-0.3, -0.25) is 38.4 Å². The third kappa shape index (κ3) is 20.7. The molecule has 0 aromatic heterocycles. The van der Waals surface area contributed by atoms with E-state index in [2.05, 4.69) is 37.2 Å². The summed E-state index contributed by atoms with van der Waals surface area (Å²) in [7, 11) is 3.03. The van der Waals surface area contributed by atoms with Crippen LogP contribution in [0.25, 0.3) is 0 Å². The lowest BCUT2D eigenvalue weighted by Gasteiger charge is -2.29.